The normalized spacial score (nSPS) is 17.3. The minimum Gasteiger partial charge on any atom is -0.326 e. The summed E-state index contributed by atoms with van der Waals surface area (Å²) in [6, 6.07) is 14.1. The third kappa shape index (κ3) is 3.09. The van der Waals surface area contributed by atoms with Crippen molar-refractivity contribution < 1.29 is 13.2 Å². The number of benzene rings is 2. The second-order valence-electron chi connectivity index (χ2n) is 6.95. The van der Waals surface area contributed by atoms with Gasteiger partial charge in [-0.05, 0) is 55.5 Å². The monoisotopic (exact) mass is 370 g/mol. The third-order valence-electron chi connectivity index (χ3n) is 5.24. The summed E-state index contributed by atoms with van der Waals surface area (Å²) in [6.07, 6.45) is 4.60. The van der Waals surface area contributed by atoms with Gasteiger partial charge in [-0.15, -0.1) is 0 Å². The molecule has 1 fully saturated rings. The summed E-state index contributed by atoms with van der Waals surface area (Å²) >= 11 is 0. The van der Waals surface area contributed by atoms with E-state index in [1.165, 1.54) is 4.31 Å². The lowest BCUT2D eigenvalue weighted by atomic mass is 9.85. The maximum atomic E-state index is 13.1. The number of fused-ring (bicyclic) bond motifs is 1. The zero-order valence-corrected chi connectivity index (χ0v) is 15.3. The first-order valence-electron chi connectivity index (χ1n) is 9.07. The maximum Gasteiger partial charge on any atom is 0.264 e. The van der Waals surface area contributed by atoms with Gasteiger partial charge in [-0.2, -0.15) is 0 Å². The van der Waals surface area contributed by atoms with E-state index >= 15 is 0 Å². The molecule has 4 rings (SSSR count). The van der Waals surface area contributed by atoms with Gasteiger partial charge in [0.1, 0.15) is 0 Å². The van der Waals surface area contributed by atoms with Crippen LogP contribution in [0.15, 0.2) is 53.4 Å². The molecule has 1 N–H and O–H groups in total. The Kier molecular flexibility index (Phi) is 4.44. The summed E-state index contributed by atoms with van der Waals surface area (Å²) in [6.45, 7) is 0.449. The quantitative estimate of drug-likeness (QED) is 0.895. The molecule has 2 aliphatic rings. The Morgan fingerprint density at radius 3 is 2.50 bits per heavy atom. The minimum absolute atomic E-state index is 0.0319. The number of amides is 1. The van der Waals surface area contributed by atoms with Crippen LogP contribution in [0.25, 0.3) is 0 Å². The SMILES string of the molecule is O=C(Nc1ccc2c(c1)N(S(=O)(=O)c1ccccc1)CCC2)C1CCC1. The fourth-order valence-corrected chi connectivity index (χ4v) is 5.06. The number of hydrogen-bond donors (Lipinski definition) is 1. The molecule has 6 heteroatoms. The molecule has 0 radical (unpaired) electrons. The molecule has 0 atom stereocenters. The Labute approximate surface area is 154 Å². The van der Waals surface area contributed by atoms with Gasteiger partial charge in [0.15, 0.2) is 0 Å². The Morgan fingerprint density at radius 2 is 1.81 bits per heavy atom. The predicted molar refractivity (Wildman–Crippen MR) is 102 cm³/mol. The Bertz CT molecular complexity index is 921. The highest BCUT2D eigenvalue weighted by Gasteiger charge is 2.30. The highest BCUT2D eigenvalue weighted by molar-refractivity contribution is 7.92. The number of nitrogens with zero attached hydrogens (tertiary/aromatic N) is 1. The van der Waals surface area contributed by atoms with Gasteiger partial charge in [-0.3, -0.25) is 9.10 Å². The van der Waals surface area contributed by atoms with E-state index in [1.54, 1.807) is 36.4 Å². The number of anilines is 2. The van der Waals surface area contributed by atoms with Crippen molar-refractivity contribution in [3.05, 3.63) is 54.1 Å². The van der Waals surface area contributed by atoms with Crippen molar-refractivity contribution in [2.24, 2.45) is 5.92 Å². The zero-order valence-electron chi connectivity index (χ0n) is 14.5. The molecule has 136 valence electrons. The molecular formula is C20H22N2O3S. The van der Waals surface area contributed by atoms with Crippen LogP contribution in [0.3, 0.4) is 0 Å². The van der Waals surface area contributed by atoms with E-state index in [0.29, 0.717) is 17.9 Å². The van der Waals surface area contributed by atoms with Crippen LogP contribution in [0.2, 0.25) is 0 Å². The van der Waals surface area contributed by atoms with Gasteiger partial charge in [0.25, 0.3) is 10.0 Å². The third-order valence-corrected chi connectivity index (χ3v) is 7.06. The molecule has 1 aliphatic heterocycles. The van der Waals surface area contributed by atoms with Crippen molar-refractivity contribution in [1.82, 2.24) is 0 Å². The molecule has 0 bridgehead atoms. The minimum atomic E-state index is -3.61. The Balaban J connectivity index is 1.66. The van der Waals surface area contributed by atoms with Gasteiger partial charge in [0.05, 0.1) is 10.6 Å². The van der Waals surface area contributed by atoms with Crippen molar-refractivity contribution in [2.45, 2.75) is 37.0 Å². The van der Waals surface area contributed by atoms with E-state index in [-0.39, 0.29) is 16.7 Å². The summed E-state index contributed by atoms with van der Waals surface area (Å²) in [5.74, 6) is 0.125. The lowest BCUT2D eigenvalue weighted by Crippen LogP contribution is -2.35. The molecule has 1 amide bonds. The molecule has 0 unspecified atom stereocenters. The van der Waals surface area contributed by atoms with E-state index in [2.05, 4.69) is 5.32 Å². The lowest BCUT2D eigenvalue weighted by molar-refractivity contribution is -0.122. The van der Waals surface area contributed by atoms with Gasteiger partial charge in [-0.1, -0.05) is 30.7 Å². The second kappa shape index (κ2) is 6.76. The van der Waals surface area contributed by atoms with Gasteiger partial charge in [0, 0.05) is 18.2 Å². The van der Waals surface area contributed by atoms with Gasteiger partial charge in [-0.25, -0.2) is 8.42 Å². The van der Waals surface area contributed by atoms with Crippen LogP contribution >= 0.6 is 0 Å². The Morgan fingerprint density at radius 1 is 1.04 bits per heavy atom. The van der Waals surface area contributed by atoms with Crippen LogP contribution in [-0.2, 0) is 21.2 Å². The Hall–Kier alpha value is -2.34. The first-order valence-corrected chi connectivity index (χ1v) is 10.5. The predicted octanol–water partition coefficient (Wildman–Crippen LogP) is 3.57. The van der Waals surface area contributed by atoms with E-state index in [4.69, 9.17) is 0 Å². The number of rotatable bonds is 4. The van der Waals surface area contributed by atoms with Crippen LogP contribution in [0.5, 0.6) is 0 Å². The smallest absolute Gasteiger partial charge is 0.264 e. The van der Waals surface area contributed by atoms with Crippen LogP contribution in [0, 0.1) is 5.92 Å². The van der Waals surface area contributed by atoms with E-state index in [1.807, 2.05) is 12.1 Å². The number of nitrogens with one attached hydrogen (secondary N) is 1. The number of sulfonamides is 1. The molecular weight excluding hydrogens is 348 g/mol. The fourth-order valence-electron chi connectivity index (χ4n) is 3.50. The van der Waals surface area contributed by atoms with Gasteiger partial charge < -0.3 is 5.32 Å². The van der Waals surface area contributed by atoms with Crippen molar-refractivity contribution in [3.8, 4) is 0 Å². The van der Waals surface area contributed by atoms with Crippen LogP contribution in [0.1, 0.15) is 31.2 Å². The highest BCUT2D eigenvalue weighted by Crippen LogP contribution is 2.35. The molecule has 0 aromatic heterocycles. The van der Waals surface area contributed by atoms with Crippen LogP contribution in [0.4, 0.5) is 11.4 Å². The molecule has 1 aliphatic carbocycles. The molecule has 5 nitrogen and oxygen atoms in total. The number of carbonyl (C=O) groups excluding carboxylic acids is 1. The molecule has 0 spiro atoms. The summed E-state index contributed by atoms with van der Waals surface area (Å²) in [7, 11) is -3.61. The molecule has 1 heterocycles. The van der Waals surface area contributed by atoms with E-state index in [0.717, 1.165) is 37.7 Å². The van der Waals surface area contributed by atoms with Gasteiger partial charge >= 0.3 is 0 Å². The van der Waals surface area contributed by atoms with Crippen molar-refractivity contribution in [3.63, 3.8) is 0 Å². The van der Waals surface area contributed by atoms with Crippen molar-refractivity contribution >= 4 is 27.3 Å². The zero-order chi connectivity index (χ0) is 18.1. The topological polar surface area (TPSA) is 66.5 Å². The lowest BCUT2D eigenvalue weighted by Gasteiger charge is -2.31. The average Bonchev–Trinajstić information content (AvgIpc) is 2.60. The molecule has 0 saturated heterocycles. The largest absolute Gasteiger partial charge is 0.326 e. The number of hydrogen-bond acceptors (Lipinski definition) is 3. The van der Waals surface area contributed by atoms with Crippen molar-refractivity contribution in [2.75, 3.05) is 16.2 Å². The average molecular weight is 370 g/mol. The first-order chi connectivity index (χ1) is 12.6. The highest BCUT2D eigenvalue weighted by atomic mass is 32.2. The summed E-state index contributed by atoms with van der Waals surface area (Å²) in [4.78, 5) is 12.5. The fraction of sp³-hybridized carbons (Fsp3) is 0.350. The molecule has 26 heavy (non-hydrogen) atoms. The number of carbonyl (C=O) groups is 1. The van der Waals surface area contributed by atoms with Crippen LogP contribution in [-0.4, -0.2) is 20.9 Å². The first kappa shape index (κ1) is 17.1. The standard InChI is InChI=1S/C20H22N2O3S/c23-20(16-6-4-7-16)21-17-12-11-15-8-5-13-22(19(15)14-17)26(24,25)18-9-2-1-3-10-18/h1-3,9-12,14,16H,4-8,13H2,(H,21,23). The van der Waals surface area contributed by atoms with E-state index in [9.17, 15) is 13.2 Å². The van der Waals surface area contributed by atoms with Crippen LogP contribution < -0.4 is 9.62 Å². The van der Waals surface area contributed by atoms with Gasteiger partial charge in [0.2, 0.25) is 5.91 Å². The summed E-state index contributed by atoms with van der Waals surface area (Å²) in [5.41, 5.74) is 2.33. The van der Waals surface area contributed by atoms with E-state index < -0.39 is 10.0 Å². The molecule has 2 aromatic carbocycles. The number of aryl methyl sites for hydroxylation is 1. The van der Waals surface area contributed by atoms with Crippen molar-refractivity contribution in [1.29, 1.82) is 0 Å². The second-order valence-corrected chi connectivity index (χ2v) is 8.82. The maximum absolute atomic E-state index is 13.1. The summed E-state index contributed by atoms with van der Waals surface area (Å²) < 4.78 is 27.6. The molecule has 1 saturated carbocycles. The molecule has 2 aromatic rings. The summed E-state index contributed by atoms with van der Waals surface area (Å²) in [5, 5.41) is 2.95.